The quantitative estimate of drug-likeness (QED) is 0.449. The number of guanidine groups is 1. The topological polar surface area (TPSA) is 101 Å². The number of aliphatic imine (C=N–C) groups is 1. The highest BCUT2D eigenvalue weighted by molar-refractivity contribution is 8.01. The summed E-state index contributed by atoms with van der Waals surface area (Å²) in [6.45, 7) is 1.36. The highest BCUT2D eigenvalue weighted by atomic mass is 32.2. The number of urea groups is 1. The minimum absolute atomic E-state index is 0.0591. The summed E-state index contributed by atoms with van der Waals surface area (Å²) in [5.74, 6) is 0.940. The van der Waals surface area contributed by atoms with Crippen LogP contribution in [-0.2, 0) is 11.3 Å². The van der Waals surface area contributed by atoms with Gasteiger partial charge in [-0.1, -0.05) is 54.2 Å². The van der Waals surface area contributed by atoms with E-state index in [-0.39, 0.29) is 12.5 Å². The average Bonchev–Trinajstić information content (AvgIpc) is 3.45. The van der Waals surface area contributed by atoms with Gasteiger partial charge in [-0.25, -0.2) is 14.8 Å². The minimum atomic E-state index is -0.624. The second-order valence-electron chi connectivity index (χ2n) is 8.31. The number of imide groups is 1. The number of carbonyl (C=O) groups excluding carboxylic acids is 2. The number of rotatable bonds is 8. The van der Waals surface area contributed by atoms with Gasteiger partial charge in [-0.05, 0) is 17.7 Å². The number of hydrogen-bond donors (Lipinski definition) is 2. The van der Waals surface area contributed by atoms with Gasteiger partial charge in [-0.15, -0.1) is 11.3 Å². The van der Waals surface area contributed by atoms with Crippen molar-refractivity contribution in [2.24, 2.45) is 4.99 Å². The molecule has 0 saturated carbocycles. The Morgan fingerprint density at radius 2 is 1.91 bits per heavy atom. The Morgan fingerprint density at radius 1 is 1.14 bits per heavy atom. The lowest BCUT2D eigenvalue weighted by atomic mass is 10.1. The first-order valence-corrected chi connectivity index (χ1v) is 13.2. The molecule has 1 aromatic heterocycles. The zero-order valence-electron chi connectivity index (χ0n) is 19.2. The fraction of sp³-hybridized carbons (Fsp3) is 0.333. The summed E-state index contributed by atoms with van der Waals surface area (Å²) in [5.41, 5.74) is 2.04. The first-order chi connectivity index (χ1) is 17.0. The normalized spacial score (nSPS) is 19.7. The van der Waals surface area contributed by atoms with E-state index in [1.807, 2.05) is 58.3 Å². The van der Waals surface area contributed by atoms with Gasteiger partial charge in [0.1, 0.15) is 0 Å². The molecule has 0 bridgehead atoms. The molecule has 11 heteroatoms. The molecule has 0 spiro atoms. The van der Waals surface area contributed by atoms with Crippen molar-refractivity contribution in [3.63, 3.8) is 0 Å². The maximum atomic E-state index is 12.9. The maximum absolute atomic E-state index is 12.9. The molecule has 3 aromatic rings. The first-order valence-electron chi connectivity index (χ1n) is 11.4. The van der Waals surface area contributed by atoms with Gasteiger partial charge in [0.15, 0.2) is 22.5 Å². The minimum Gasteiger partial charge on any atom is -0.395 e. The van der Waals surface area contributed by atoms with Crippen LogP contribution in [0.5, 0.6) is 0 Å². The van der Waals surface area contributed by atoms with Gasteiger partial charge in [-0.3, -0.25) is 10.1 Å². The number of carbonyl (C=O) groups is 2. The lowest BCUT2D eigenvalue weighted by molar-refractivity contribution is -0.127. The SMILES string of the molecule is CN1C(=O)NC(=O)C2C1N=C(N(CCO)Cc1ccccc1)N2CCSc1nc2ccccc2s1. The third-order valence-corrected chi connectivity index (χ3v) is 8.20. The molecule has 2 atom stereocenters. The van der Waals surface area contributed by atoms with Crippen molar-refractivity contribution in [3.05, 3.63) is 60.2 Å². The Bertz CT molecular complexity index is 1220. The number of para-hydroxylation sites is 1. The summed E-state index contributed by atoms with van der Waals surface area (Å²) in [4.78, 5) is 40.1. The number of likely N-dealkylation sites (N-methyl/N-ethyl adjacent to an activating group) is 1. The second-order valence-corrected chi connectivity index (χ2v) is 10.7. The molecule has 2 aliphatic heterocycles. The van der Waals surface area contributed by atoms with Crippen molar-refractivity contribution < 1.29 is 14.7 Å². The molecule has 2 aliphatic rings. The molecule has 5 rings (SSSR count). The third-order valence-electron chi connectivity index (χ3n) is 6.04. The summed E-state index contributed by atoms with van der Waals surface area (Å²) in [5, 5.41) is 12.2. The predicted molar refractivity (Wildman–Crippen MR) is 137 cm³/mol. The number of benzene rings is 2. The number of thiazole rings is 1. The molecule has 9 nitrogen and oxygen atoms in total. The Labute approximate surface area is 211 Å². The van der Waals surface area contributed by atoms with Crippen LogP contribution in [0.25, 0.3) is 10.2 Å². The van der Waals surface area contributed by atoms with E-state index in [9.17, 15) is 14.7 Å². The number of nitrogens with one attached hydrogen (secondary N) is 1. The molecule has 2 unspecified atom stereocenters. The molecular weight excluding hydrogens is 484 g/mol. The number of aliphatic hydroxyl groups is 1. The molecule has 0 aliphatic carbocycles. The van der Waals surface area contributed by atoms with E-state index in [1.54, 1.807) is 30.1 Å². The van der Waals surface area contributed by atoms with Crippen LogP contribution in [0.15, 0.2) is 63.9 Å². The van der Waals surface area contributed by atoms with Crippen LogP contribution in [-0.4, -0.2) is 87.4 Å². The third kappa shape index (κ3) is 4.84. The monoisotopic (exact) mass is 510 g/mol. The van der Waals surface area contributed by atoms with Crippen molar-refractivity contribution in [1.82, 2.24) is 25.0 Å². The molecule has 182 valence electrons. The molecule has 3 amide bonds. The molecule has 35 heavy (non-hydrogen) atoms. The Morgan fingerprint density at radius 3 is 2.69 bits per heavy atom. The maximum Gasteiger partial charge on any atom is 0.325 e. The lowest BCUT2D eigenvalue weighted by Crippen LogP contribution is -2.64. The van der Waals surface area contributed by atoms with Crippen LogP contribution in [0.4, 0.5) is 4.79 Å². The second kappa shape index (κ2) is 10.2. The van der Waals surface area contributed by atoms with E-state index in [2.05, 4.69) is 11.4 Å². The fourth-order valence-corrected chi connectivity index (χ4v) is 6.41. The fourth-order valence-electron chi connectivity index (χ4n) is 4.33. The number of aromatic nitrogens is 1. The molecule has 3 heterocycles. The van der Waals surface area contributed by atoms with Crippen LogP contribution >= 0.6 is 23.1 Å². The summed E-state index contributed by atoms with van der Waals surface area (Å²) in [6, 6.07) is 16.9. The summed E-state index contributed by atoms with van der Waals surface area (Å²) < 4.78 is 2.11. The predicted octanol–water partition coefficient (Wildman–Crippen LogP) is 2.43. The zero-order chi connectivity index (χ0) is 24.4. The van der Waals surface area contributed by atoms with Crippen LogP contribution in [0.3, 0.4) is 0 Å². The summed E-state index contributed by atoms with van der Waals surface area (Å²) in [6.07, 6.45) is -0.615. The number of hydrogen-bond acceptors (Lipinski definition) is 9. The van der Waals surface area contributed by atoms with E-state index in [4.69, 9.17) is 9.98 Å². The van der Waals surface area contributed by atoms with Gasteiger partial charge < -0.3 is 19.8 Å². The van der Waals surface area contributed by atoms with Crippen molar-refractivity contribution >= 4 is 51.2 Å². The van der Waals surface area contributed by atoms with Gasteiger partial charge in [0.25, 0.3) is 5.91 Å². The van der Waals surface area contributed by atoms with Crippen molar-refractivity contribution in [1.29, 1.82) is 0 Å². The summed E-state index contributed by atoms with van der Waals surface area (Å²) >= 11 is 3.28. The number of amides is 3. The van der Waals surface area contributed by atoms with Crippen molar-refractivity contribution in [2.45, 2.75) is 23.1 Å². The highest BCUT2D eigenvalue weighted by Crippen LogP contribution is 2.31. The molecule has 1 saturated heterocycles. The first kappa shape index (κ1) is 23.6. The standard InChI is InChI=1S/C24H26N6O3S2/c1-28-20-19(21(32)27-23(28)33)30(12-14-34-24-25-17-9-5-6-10-18(17)35-24)22(26-20)29(11-13-31)15-16-7-3-2-4-8-16/h2-10,19-20,31H,11-15H2,1H3,(H,27,32,33). The van der Waals surface area contributed by atoms with Gasteiger partial charge in [-0.2, -0.15) is 0 Å². The summed E-state index contributed by atoms with van der Waals surface area (Å²) in [7, 11) is 1.65. The average molecular weight is 511 g/mol. The van der Waals surface area contributed by atoms with Gasteiger partial charge in [0.2, 0.25) is 0 Å². The highest BCUT2D eigenvalue weighted by Gasteiger charge is 2.49. The Hall–Kier alpha value is -3.15. The van der Waals surface area contributed by atoms with E-state index in [0.717, 1.165) is 20.1 Å². The van der Waals surface area contributed by atoms with E-state index in [0.29, 0.717) is 31.3 Å². The van der Waals surface area contributed by atoms with Crippen LogP contribution in [0, 0.1) is 0 Å². The van der Waals surface area contributed by atoms with Crippen LogP contribution in [0.2, 0.25) is 0 Å². The lowest BCUT2D eigenvalue weighted by Gasteiger charge is -2.37. The van der Waals surface area contributed by atoms with E-state index >= 15 is 0 Å². The molecular formula is C24H26N6O3S2. The number of thioether (sulfide) groups is 1. The Kier molecular flexibility index (Phi) is 6.89. The van der Waals surface area contributed by atoms with Gasteiger partial charge in [0, 0.05) is 32.4 Å². The largest absolute Gasteiger partial charge is 0.395 e. The van der Waals surface area contributed by atoms with Crippen molar-refractivity contribution in [2.75, 3.05) is 32.5 Å². The van der Waals surface area contributed by atoms with Crippen LogP contribution < -0.4 is 5.32 Å². The zero-order valence-corrected chi connectivity index (χ0v) is 20.8. The number of nitrogens with zero attached hydrogens (tertiary/aromatic N) is 5. The number of fused-ring (bicyclic) bond motifs is 2. The molecule has 2 aromatic carbocycles. The van der Waals surface area contributed by atoms with E-state index in [1.165, 1.54) is 4.90 Å². The Balaban J connectivity index is 1.39. The molecule has 2 N–H and O–H groups in total. The van der Waals surface area contributed by atoms with E-state index < -0.39 is 18.2 Å². The molecule has 0 radical (unpaired) electrons. The van der Waals surface area contributed by atoms with Crippen molar-refractivity contribution in [3.8, 4) is 0 Å². The molecule has 1 fully saturated rings. The number of aliphatic hydroxyl groups excluding tert-OH is 1. The van der Waals surface area contributed by atoms with Gasteiger partial charge >= 0.3 is 6.03 Å². The van der Waals surface area contributed by atoms with Crippen LogP contribution in [0.1, 0.15) is 5.56 Å². The smallest absolute Gasteiger partial charge is 0.325 e. The van der Waals surface area contributed by atoms with Gasteiger partial charge in [0.05, 0.1) is 16.8 Å².